The molecule has 0 radical (unpaired) electrons. The molecule has 2 aromatic carbocycles. The fourth-order valence-electron chi connectivity index (χ4n) is 4.86. The highest BCUT2D eigenvalue weighted by Gasteiger charge is 2.57. The first-order valence-corrected chi connectivity index (χ1v) is 11.4. The fourth-order valence-corrected chi connectivity index (χ4v) is 5.14. The van der Waals surface area contributed by atoms with Gasteiger partial charge >= 0.3 is 0 Å². The van der Waals surface area contributed by atoms with Crippen molar-refractivity contribution >= 4 is 41.1 Å². The average Bonchev–Trinajstić information content (AvgIpc) is 3.27. The smallest absolute Gasteiger partial charge is 0.258 e. The summed E-state index contributed by atoms with van der Waals surface area (Å²) < 4.78 is 24.5. The molecule has 2 bridgehead atoms. The minimum Gasteiger partial charge on any atom is -0.488 e. The number of nitrogens with one attached hydrogen (secondary N) is 2. The monoisotopic (exact) mass is 490 g/mol. The zero-order valence-electron chi connectivity index (χ0n) is 17.5. The second-order valence-electron chi connectivity index (χ2n) is 8.79. The molecule has 6 rings (SSSR count). The lowest BCUT2D eigenvalue weighted by atomic mass is 9.76. The maximum absolute atomic E-state index is 13.5. The van der Waals surface area contributed by atoms with Gasteiger partial charge < -0.3 is 20.1 Å². The molecule has 3 aliphatic carbocycles. The third-order valence-electron chi connectivity index (χ3n) is 6.45. The Morgan fingerprint density at radius 3 is 2.76 bits per heavy atom. The summed E-state index contributed by atoms with van der Waals surface area (Å²) in [5, 5.41) is 6.71. The minimum atomic E-state index is -0.602. The standard InChI is InChI=1S/C24H21Cl2FN2O4/c25-16-2-1-13-5-14(11-33-21(13)6-16)23(31)29-24-8-15(9-24)20(10-24)28-22(30)12-32-17-3-4-18(26)19(27)7-17/h1-7,15,20H,8-12H2,(H,28,30)(H,29,31). The molecule has 172 valence electrons. The van der Waals surface area contributed by atoms with Crippen LogP contribution in [0.1, 0.15) is 24.8 Å². The number of fused-ring (bicyclic) bond motifs is 2. The molecule has 33 heavy (non-hydrogen) atoms. The Labute approximate surface area is 200 Å². The summed E-state index contributed by atoms with van der Waals surface area (Å²) in [6, 6.07) is 9.30. The van der Waals surface area contributed by atoms with Crippen molar-refractivity contribution in [2.75, 3.05) is 13.2 Å². The van der Waals surface area contributed by atoms with Gasteiger partial charge in [-0.2, -0.15) is 0 Å². The highest BCUT2D eigenvalue weighted by molar-refractivity contribution is 6.31. The van der Waals surface area contributed by atoms with Gasteiger partial charge in [-0.05, 0) is 61.6 Å². The quantitative estimate of drug-likeness (QED) is 0.637. The molecule has 1 unspecified atom stereocenters. The number of amides is 2. The van der Waals surface area contributed by atoms with Gasteiger partial charge in [-0.1, -0.05) is 23.2 Å². The molecule has 3 fully saturated rings. The van der Waals surface area contributed by atoms with E-state index in [0.717, 1.165) is 24.5 Å². The van der Waals surface area contributed by atoms with Crippen molar-refractivity contribution in [3.63, 3.8) is 0 Å². The van der Waals surface area contributed by atoms with Crippen LogP contribution in [0.3, 0.4) is 0 Å². The number of benzene rings is 2. The zero-order chi connectivity index (χ0) is 23.2. The van der Waals surface area contributed by atoms with Crippen LogP contribution in [0.4, 0.5) is 4.39 Å². The molecule has 4 aliphatic rings. The van der Waals surface area contributed by atoms with Crippen LogP contribution in [0.15, 0.2) is 42.0 Å². The second-order valence-corrected chi connectivity index (χ2v) is 9.63. The summed E-state index contributed by atoms with van der Waals surface area (Å²) in [6.07, 6.45) is 4.11. The van der Waals surface area contributed by atoms with Gasteiger partial charge in [-0.25, -0.2) is 4.39 Å². The Morgan fingerprint density at radius 1 is 1.15 bits per heavy atom. The van der Waals surface area contributed by atoms with Crippen LogP contribution >= 0.6 is 23.2 Å². The van der Waals surface area contributed by atoms with E-state index >= 15 is 0 Å². The van der Waals surface area contributed by atoms with E-state index in [1.807, 2.05) is 12.1 Å². The molecule has 1 atom stereocenters. The van der Waals surface area contributed by atoms with E-state index in [2.05, 4.69) is 10.6 Å². The van der Waals surface area contributed by atoms with Crippen LogP contribution in [-0.2, 0) is 9.59 Å². The predicted octanol–water partition coefficient (Wildman–Crippen LogP) is 4.14. The number of carbonyl (C=O) groups is 2. The normalized spacial score (nSPS) is 24.6. The van der Waals surface area contributed by atoms with E-state index in [9.17, 15) is 14.0 Å². The number of halogens is 3. The highest BCUT2D eigenvalue weighted by atomic mass is 35.5. The summed E-state index contributed by atoms with van der Waals surface area (Å²) in [4.78, 5) is 25.2. The molecule has 2 N–H and O–H groups in total. The largest absolute Gasteiger partial charge is 0.488 e. The number of hydrogen-bond acceptors (Lipinski definition) is 4. The fraction of sp³-hybridized carbons (Fsp3) is 0.333. The SMILES string of the molecule is O=C(COc1ccc(Cl)c(F)c1)NC1CC2(NC(=O)C3=Cc4ccc(Cl)cc4OC3)CC1C2. The van der Waals surface area contributed by atoms with E-state index in [0.29, 0.717) is 28.7 Å². The van der Waals surface area contributed by atoms with Gasteiger partial charge in [0.2, 0.25) is 0 Å². The lowest BCUT2D eigenvalue weighted by Gasteiger charge is -2.39. The van der Waals surface area contributed by atoms with Crippen LogP contribution in [0.5, 0.6) is 11.5 Å². The molecule has 1 aliphatic heterocycles. The Morgan fingerprint density at radius 2 is 1.97 bits per heavy atom. The van der Waals surface area contributed by atoms with Crippen molar-refractivity contribution in [1.82, 2.24) is 10.6 Å². The van der Waals surface area contributed by atoms with Crippen molar-refractivity contribution in [1.29, 1.82) is 0 Å². The molecular formula is C24H21Cl2FN2O4. The van der Waals surface area contributed by atoms with Crippen molar-refractivity contribution in [3.05, 3.63) is 63.4 Å². The van der Waals surface area contributed by atoms with E-state index in [-0.39, 0.29) is 47.4 Å². The van der Waals surface area contributed by atoms with Gasteiger partial charge in [-0.3, -0.25) is 9.59 Å². The molecular weight excluding hydrogens is 470 g/mol. The lowest BCUT2D eigenvalue weighted by molar-refractivity contribution is -0.124. The number of hydrogen-bond donors (Lipinski definition) is 2. The summed E-state index contributed by atoms with van der Waals surface area (Å²) in [5.41, 5.74) is 1.05. The van der Waals surface area contributed by atoms with Gasteiger partial charge in [0.15, 0.2) is 6.61 Å². The highest BCUT2D eigenvalue weighted by Crippen LogP contribution is 2.52. The topological polar surface area (TPSA) is 76.7 Å². The van der Waals surface area contributed by atoms with Crippen LogP contribution in [0, 0.1) is 11.7 Å². The molecule has 0 spiro atoms. The van der Waals surface area contributed by atoms with Crippen LogP contribution < -0.4 is 20.1 Å². The predicted molar refractivity (Wildman–Crippen MR) is 122 cm³/mol. The Balaban J connectivity index is 1.14. The third kappa shape index (κ3) is 4.52. The summed E-state index contributed by atoms with van der Waals surface area (Å²) in [5.74, 6) is 0.153. The summed E-state index contributed by atoms with van der Waals surface area (Å²) in [6.45, 7) is -0.0429. The number of carbonyl (C=O) groups excluding carboxylic acids is 2. The Bertz CT molecular complexity index is 1160. The molecule has 3 saturated carbocycles. The molecule has 1 heterocycles. The maximum atomic E-state index is 13.5. The summed E-state index contributed by atoms with van der Waals surface area (Å²) in [7, 11) is 0. The van der Waals surface area contributed by atoms with E-state index in [4.69, 9.17) is 32.7 Å². The first kappa shape index (κ1) is 22.0. The van der Waals surface area contributed by atoms with Crippen LogP contribution in [0.25, 0.3) is 6.08 Å². The van der Waals surface area contributed by atoms with E-state index < -0.39 is 5.82 Å². The zero-order valence-corrected chi connectivity index (χ0v) is 19.0. The molecule has 2 amide bonds. The van der Waals surface area contributed by atoms with Gasteiger partial charge in [0, 0.05) is 28.2 Å². The molecule has 2 aromatic rings. The molecule has 0 saturated heterocycles. The van der Waals surface area contributed by atoms with Gasteiger partial charge in [0.05, 0.1) is 10.6 Å². The number of rotatable bonds is 6. The molecule has 0 aromatic heterocycles. The van der Waals surface area contributed by atoms with Crippen LogP contribution in [-0.4, -0.2) is 36.6 Å². The van der Waals surface area contributed by atoms with Crippen molar-refractivity contribution in [2.45, 2.75) is 30.8 Å². The molecule has 9 heteroatoms. The van der Waals surface area contributed by atoms with E-state index in [1.54, 1.807) is 12.1 Å². The minimum absolute atomic E-state index is 0.00552. The van der Waals surface area contributed by atoms with Gasteiger partial charge in [-0.15, -0.1) is 0 Å². The number of ether oxygens (including phenoxy) is 2. The van der Waals surface area contributed by atoms with E-state index in [1.165, 1.54) is 12.1 Å². The average molecular weight is 491 g/mol. The van der Waals surface area contributed by atoms with Crippen LogP contribution in [0.2, 0.25) is 10.0 Å². The van der Waals surface area contributed by atoms with Gasteiger partial charge in [0.25, 0.3) is 11.8 Å². The third-order valence-corrected chi connectivity index (χ3v) is 6.99. The first-order chi connectivity index (χ1) is 15.8. The maximum Gasteiger partial charge on any atom is 0.258 e. The molecule has 6 nitrogen and oxygen atoms in total. The Hall–Kier alpha value is -2.77. The van der Waals surface area contributed by atoms with Crippen molar-refractivity contribution < 1.29 is 23.5 Å². The first-order valence-electron chi connectivity index (χ1n) is 10.6. The second kappa shape index (κ2) is 8.54. The lowest BCUT2D eigenvalue weighted by Crippen LogP contribution is -2.52. The van der Waals surface area contributed by atoms with Crippen molar-refractivity contribution in [2.24, 2.45) is 5.92 Å². The summed E-state index contributed by atoms with van der Waals surface area (Å²) >= 11 is 11.6. The Kier molecular flexibility index (Phi) is 5.70. The van der Waals surface area contributed by atoms with Crippen molar-refractivity contribution in [3.8, 4) is 11.5 Å². The van der Waals surface area contributed by atoms with Gasteiger partial charge in [0.1, 0.15) is 23.9 Å².